The summed E-state index contributed by atoms with van der Waals surface area (Å²) in [6.45, 7) is 9.18. The molecule has 0 spiro atoms. The Bertz CT molecular complexity index is 1110. The van der Waals surface area contributed by atoms with Gasteiger partial charge in [-0.25, -0.2) is 13.4 Å². The predicted octanol–water partition coefficient (Wildman–Crippen LogP) is 2.81. The fraction of sp³-hybridized carbons (Fsp3) is 0.474. The molecule has 0 unspecified atom stereocenters. The van der Waals surface area contributed by atoms with Gasteiger partial charge in [0, 0.05) is 19.6 Å². The fourth-order valence-electron chi connectivity index (χ4n) is 4.26. The average Bonchev–Trinajstić information content (AvgIpc) is 3.29. The van der Waals surface area contributed by atoms with Crippen molar-refractivity contribution in [3.8, 4) is 0 Å². The number of imidazole rings is 1. The third kappa shape index (κ3) is 2.78. The van der Waals surface area contributed by atoms with Crippen molar-refractivity contribution in [2.45, 2.75) is 51.6 Å². The van der Waals surface area contributed by atoms with Crippen molar-refractivity contribution in [1.82, 2.24) is 23.6 Å². The van der Waals surface area contributed by atoms with E-state index >= 15 is 0 Å². The molecule has 3 aromatic rings. The van der Waals surface area contributed by atoms with E-state index in [4.69, 9.17) is 0 Å². The molecule has 7 nitrogen and oxygen atoms in total. The summed E-state index contributed by atoms with van der Waals surface area (Å²) in [5, 5.41) is 4.39. The van der Waals surface area contributed by atoms with Gasteiger partial charge in [0.25, 0.3) is 0 Å². The Hall–Kier alpha value is -2.19. The Morgan fingerprint density at radius 3 is 2.63 bits per heavy atom. The van der Waals surface area contributed by atoms with Gasteiger partial charge < -0.3 is 4.57 Å². The van der Waals surface area contributed by atoms with Crippen LogP contribution in [-0.2, 0) is 16.6 Å². The van der Waals surface area contributed by atoms with Crippen LogP contribution in [0, 0.1) is 20.8 Å². The SMILES string of the molecule is CCn1nc(C)c(S(=O)(=O)N2CC[C@@H](n3c(C)nc4ccccc43)C2)c1C. The lowest BCUT2D eigenvalue weighted by Crippen LogP contribution is -2.30. The van der Waals surface area contributed by atoms with Crippen molar-refractivity contribution in [3.05, 3.63) is 41.5 Å². The Labute approximate surface area is 159 Å². The molecule has 0 radical (unpaired) electrons. The van der Waals surface area contributed by atoms with Gasteiger partial charge in [0.05, 0.1) is 28.5 Å². The first-order valence-corrected chi connectivity index (χ1v) is 10.8. The molecule has 1 aromatic carbocycles. The minimum atomic E-state index is -3.56. The zero-order valence-electron chi connectivity index (χ0n) is 16.2. The lowest BCUT2D eigenvalue weighted by Gasteiger charge is -2.18. The normalized spacial score (nSPS) is 18.6. The largest absolute Gasteiger partial charge is 0.324 e. The molecule has 1 saturated heterocycles. The summed E-state index contributed by atoms with van der Waals surface area (Å²) in [6.07, 6.45) is 0.778. The van der Waals surface area contributed by atoms with E-state index in [2.05, 4.69) is 14.6 Å². The number of nitrogens with zero attached hydrogens (tertiary/aromatic N) is 5. The van der Waals surface area contributed by atoms with E-state index in [0.29, 0.717) is 35.9 Å². The maximum Gasteiger partial charge on any atom is 0.246 e. The maximum absolute atomic E-state index is 13.3. The maximum atomic E-state index is 13.3. The molecule has 0 bridgehead atoms. The average molecular weight is 388 g/mol. The van der Waals surface area contributed by atoms with Crippen LogP contribution in [0.5, 0.6) is 0 Å². The quantitative estimate of drug-likeness (QED) is 0.690. The molecular formula is C19H25N5O2S. The molecule has 0 aliphatic carbocycles. The minimum absolute atomic E-state index is 0.0917. The second-order valence-electron chi connectivity index (χ2n) is 7.14. The van der Waals surface area contributed by atoms with Crippen LogP contribution in [0.1, 0.15) is 36.6 Å². The van der Waals surface area contributed by atoms with Gasteiger partial charge in [-0.1, -0.05) is 12.1 Å². The van der Waals surface area contributed by atoms with Gasteiger partial charge in [0.15, 0.2) is 0 Å². The van der Waals surface area contributed by atoms with Gasteiger partial charge in [0.2, 0.25) is 10.0 Å². The van der Waals surface area contributed by atoms with E-state index in [0.717, 1.165) is 23.3 Å². The first-order chi connectivity index (χ1) is 12.8. The summed E-state index contributed by atoms with van der Waals surface area (Å²) < 4.78 is 32.2. The highest BCUT2D eigenvalue weighted by Gasteiger charge is 2.37. The number of hydrogen-bond acceptors (Lipinski definition) is 4. The van der Waals surface area contributed by atoms with E-state index in [1.165, 1.54) is 0 Å². The van der Waals surface area contributed by atoms with Crippen LogP contribution in [0.2, 0.25) is 0 Å². The molecule has 1 aliphatic heterocycles. The van der Waals surface area contributed by atoms with E-state index in [-0.39, 0.29) is 6.04 Å². The first-order valence-electron chi connectivity index (χ1n) is 9.32. The first kappa shape index (κ1) is 18.2. The second-order valence-corrected chi connectivity index (χ2v) is 9.01. The van der Waals surface area contributed by atoms with Crippen LogP contribution in [0.25, 0.3) is 11.0 Å². The van der Waals surface area contributed by atoms with Crippen LogP contribution in [0.3, 0.4) is 0 Å². The lowest BCUT2D eigenvalue weighted by atomic mass is 10.2. The number of benzene rings is 1. The zero-order chi connectivity index (χ0) is 19.3. The van der Waals surface area contributed by atoms with Crippen molar-refractivity contribution in [1.29, 1.82) is 0 Å². The highest BCUT2D eigenvalue weighted by molar-refractivity contribution is 7.89. The molecule has 0 amide bonds. The molecule has 0 N–H and O–H groups in total. The van der Waals surface area contributed by atoms with Gasteiger partial charge in [-0.3, -0.25) is 4.68 Å². The highest BCUT2D eigenvalue weighted by atomic mass is 32.2. The monoisotopic (exact) mass is 387 g/mol. The lowest BCUT2D eigenvalue weighted by molar-refractivity contribution is 0.451. The van der Waals surface area contributed by atoms with E-state index in [1.807, 2.05) is 45.0 Å². The molecule has 2 aromatic heterocycles. The third-order valence-electron chi connectivity index (χ3n) is 5.48. The molecule has 8 heteroatoms. The molecule has 1 aliphatic rings. The van der Waals surface area contributed by atoms with Gasteiger partial charge in [0.1, 0.15) is 10.7 Å². The van der Waals surface area contributed by atoms with Gasteiger partial charge in [-0.05, 0) is 46.2 Å². The Morgan fingerprint density at radius 2 is 1.93 bits per heavy atom. The molecule has 3 heterocycles. The van der Waals surface area contributed by atoms with Crippen LogP contribution in [0.15, 0.2) is 29.2 Å². The molecule has 1 fully saturated rings. The minimum Gasteiger partial charge on any atom is -0.324 e. The van der Waals surface area contributed by atoms with Gasteiger partial charge in [-0.15, -0.1) is 0 Å². The van der Waals surface area contributed by atoms with Crippen LogP contribution >= 0.6 is 0 Å². The highest BCUT2D eigenvalue weighted by Crippen LogP contribution is 2.32. The number of sulfonamides is 1. The van der Waals surface area contributed by atoms with Crippen molar-refractivity contribution < 1.29 is 8.42 Å². The number of hydrogen-bond donors (Lipinski definition) is 0. The summed E-state index contributed by atoms with van der Waals surface area (Å²) in [5.41, 5.74) is 3.29. The second kappa shape index (κ2) is 6.45. The molecule has 1 atom stereocenters. The third-order valence-corrected chi connectivity index (χ3v) is 7.59. The van der Waals surface area contributed by atoms with Crippen LogP contribution in [0.4, 0.5) is 0 Å². The van der Waals surface area contributed by atoms with Crippen molar-refractivity contribution in [3.63, 3.8) is 0 Å². The standard InChI is InChI=1S/C19H25N5O2S/c1-5-23-14(3)19(13(2)21-23)27(25,26)22-11-10-16(12-22)24-15(4)20-17-8-6-7-9-18(17)24/h6-9,16H,5,10-12H2,1-4H3/t16-/m1/s1. The smallest absolute Gasteiger partial charge is 0.246 e. The summed E-state index contributed by atoms with van der Waals surface area (Å²) in [6, 6.07) is 8.10. The Morgan fingerprint density at radius 1 is 1.19 bits per heavy atom. The van der Waals surface area contributed by atoms with Crippen LogP contribution in [-0.4, -0.2) is 45.1 Å². The number of para-hydroxylation sites is 2. The van der Waals surface area contributed by atoms with E-state index < -0.39 is 10.0 Å². The summed E-state index contributed by atoms with van der Waals surface area (Å²) >= 11 is 0. The van der Waals surface area contributed by atoms with Gasteiger partial charge >= 0.3 is 0 Å². The molecule has 27 heavy (non-hydrogen) atoms. The predicted molar refractivity (Wildman–Crippen MR) is 104 cm³/mol. The summed E-state index contributed by atoms with van der Waals surface area (Å²) in [4.78, 5) is 4.99. The number of rotatable bonds is 4. The zero-order valence-corrected chi connectivity index (χ0v) is 17.0. The number of aromatic nitrogens is 4. The fourth-order valence-corrected chi connectivity index (χ4v) is 6.12. The number of aryl methyl sites for hydroxylation is 3. The van der Waals surface area contributed by atoms with Crippen molar-refractivity contribution in [2.24, 2.45) is 0 Å². The Balaban J connectivity index is 1.68. The summed E-state index contributed by atoms with van der Waals surface area (Å²) in [5.74, 6) is 0.923. The molecule has 4 rings (SSSR count). The van der Waals surface area contributed by atoms with Gasteiger partial charge in [-0.2, -0.15) is 9.40 Å². The molecule has 144 valence electrons. The number of fused-ring (bicyclic) bond motifs is 1. The molecular weight excluding hydrogens is 362 g/mol. The Kier molecular flexibility index (Phi) is 4.35. The van der Waals surface area contributed by atoms with Crippen LogP contribution < -0.4 is 0 Å². The van der Waals surface area contributed by atoms with E-state index in [9.17, 15) is 8.42 Å². The molecule has 0 saturated carbocycles. The van der Waals surface area contributed by atoms with Crippen molar-refractivity contribution in [2.75, 3.05) is 13.1 Å². The van der Waals surface area contributed by atoms with Crippen molar-refractivity contribution >= 4 is 21.1 Å². The summed E-state index contributed by atoms with van der Waals surface area (Å²) in [7, 11) is -3.56. The van der Waals surface area contributed by atoms with E-state index in [1.54, 1.807) is 15.9 Å². The topological polar surface area (TPSA) is 73.0 Å².